The molecule has 0 saturated carbocycles. The minimum atomic E-state index is -0.334. The topological polar surface area (TPSA) is 69.4 Å². The number of rotatable bonds is 4. The monoisotopic (exact) mass is 406 g/mol. The zero-order valence-electron chi connectivity index (χ0n) is 17.8. The quantitative estimate of drug-likeness (QED) is 0.668. The minimum Gasteiger partial charge on any atom is -0.495 e. The average Bonchev–Trinajstić information content (AvgIpc) is 3.34. The van der Waals surface area contributed by atoms with E-state index >= 15 is 0 Å². The molecule has 1 amide bonds. The number of nitrogens with zero attached hydrogens (tertiary/aromatic N) is 4. The second-order valence-electron chi connectivity index (χ2n) is 7.79. The van der Waals surface area contributed by atoms with Crippen molar-refractivity contribution in [3.8, 4) is 11.4 Å². The van der Waals surface area contributed by atoms with Gasteiger partial charge in [-0.2, -0.15) is 5.10 Å². The fraction of sp³-hybridized carbons (Fsp3) is 0.348. The summed E-state index contributed by atoms with van der Waals surface area (Å²) in [6.45, 7) is 6.94. The van der Waals surface area contributed by atoms with E-state index < -0.39 is 0 Å². The fourth-order valence-electron chi connectivity index (χ4n) is 4.20. The Morgan fingerprint density at radius 2 is 1.93 bits per heavy atom. The maximum absolute atomic E-state index is 13.3. The number of pyridine rings is 1. The van der Waals surface area contributed by atoms with Crippen molar-refractivity contribution in [3.63, 3.8) is 0 Å². The van der Waals surface area contributed by atoms with Gasteiger partial charge in [-0.05, 0) is 57.0 Å². The largest absolute Gasteiger partial charge is 0.495 e. The Bertz CT molecular complexity index is 1160. The summed E-state index contributed by atoms with van der Waals surface area (Å²) in [4.78, 5) is 28.4. The van der Waals surface area contributed by atoms with Crippen molar-refractivity contribution in [2.45, 2.75) is 33.2 Å². The summed E-state index contributed by atoms with van der Waals surface area (Å²) in [5.41, 5.74) is 3.21. The maximum atomic E-state index is 13.3. The van der Waals surface area contributed by atoms with Gasteiger partial charge in [0, 0.05) is 25.0 Å². The Labute approximate surface area is 175 Å². The summed E-state index contributed by atoms with van der Waals surface area (Å²) in [5.74, 6) is 0.346. The molecule has 0 aliphatic carbocycles. The number of hydrogen-bond donors (Lipinski definition) is 0. The highest BCUT2D eigenvalue weighted by Crippen LogP contribution is 2.25. The van der Waals surface area contributed by atoms with Crippen LogP contribution in [0.2, 0.25) is 0 Å². The van der Waals surface area contributed by atoms with Gasteiger partial charge in [0.1, 0.15) is 11.3 Å². The number of likely N-dealkylation sites (tertiary alicyclic amines) is 1. The molecular formula is C23H26N4O3. The lowest BCUT2D eigenvalue weighted by Crippen LogP contribution is -2.36. The van der Waals surface area contributed by atoms with Crippen LogP contribution in [0.25, 0.3) is 5.69 Å². The van der Waals surface area contributed by atoms with E-state index in [-0.39, 0.29) is 23.1 Å². The molecule has 2 aromatic heterocycles. The molecule has 7 nitrogen and oxygen atoms in total. The summed E-state index contributed by atoms with van der Waals surface area (Å²) in [6, 6.07) is 11.2. The summed E-state index contributed by atoms with van der Waals surface area (Å²) < 4.78 is 8.87. The molecule has 1 unspecified atom stereocenters. The number of aryl methyl sites for hydroxylation is 3. The number of aromatic nitrogens is 3. The van der Waals surface area contributed by atoms with Crippen LogP contribution in [0.1, 0.15) is 39.8 Å². The second kappa shape index (κ2) is 7.82. The van der Waals surface area contributed by atoms with Gasteiger partial charge in [0.05, 0.1) is 24.5 Å². The van der Waals surface area contributed by atoms with Gasteiger partial charge in [0.2, 0.25) is 0 Å². The average molecular weight is 406 g/mol. The van der Waals surface area contributed by atoms with Crippen LogP contribution in [0.15, 0.2) is 47.4 Å². The lowest BCUT2D eigenvalue weighted by molar-refractivity contribution is 0.0784. The predicted molar refractivity (Wildman–Crippen MR) is 115 cm³/mol. The molecule has 1 aromatic carbocycles. The predicted octanol–water partition coefficient (Wildman–Crippen LogP) is 3.06. The van der Waals surface area contributed by atoms with E-state index in [4.69, 9.17) is 4.74 Å². The van der Waals surface area contributed by atoms with Crippen LogP contribution in [-0.2, 0) is 0 Å². The van der Waals surface area contributed by atoms with E-state index in [9.17, 15) is 9.59 Å². The highest BCUT2D eigenvalue weighted by atomic mass is 16.5. The molecule has 156 valence electrons. The van der Waals surface area contributed by atoms with E-state index in [2.05, 4.69) is 5.10 Å². The van der Waals surface area contributed by atoms with Crippen LogP contribution in [0.5, 0.6) is 5.75 Å². The van der Waals surface area contributed by atoms with Crippen LogP contribution >= 0.6 is 0 Å². The number of carbonyl (C=O) groups excluding carboxylic acids is 1. The van der Waals surface area contributed by atoms with Gasteiger partial charge in [-0.15, -0.1) is 0 Å². The van der Waals surface area contributed by atoms with Crippen molar-refractivity contribution in [1.29, 1.82) is 0 Å². The first-order valence-corrected chi connectivity index (χ1v) is 10.1. The van der Waals surface area contributed by atoms with Gasteiger partial charge in [-0.25, -0.2) is 0 Å². The summed E-state index contributed by atoms with van der Waals surface area (Å²) >= 11 is 0. The third-order valence-electron chi connectivity index (χ3n) is 5.70. The number of hydrogen-bond acceptors (Lipinski definition) is 4. The molecule has 1 aliphatic heterocycles. The molecule has 3 aromatic rings. The number of ether oxygens (including phenoxy) is 1. The Morgan fingerprint density at radius 3 is 2.63 bits per heavy atom. The smallest absolute Gasteiger partial charge is 0.268 e. The molecule has 0 bridgehead atoms. The van der Waals surface area contributed by atoms with Crippen molar-refractivity contribution in [3.05, 3.63) is 75.5 Å². The number of methoxy groups -OCH3 is 1. The number of para-hydroxylation sites is 2. The Hall–Kier alpha value is -3.35. The maximum Gasteiger partial charge on any atom is 0.268 e. The van der Waals surface area contributed by atoms with Crippen LogP contribution in [0.3, 0.4) is 0 Å². The van der Waals surface area contributed by atoms with Crippen LogP contribution in [-0.4, -0.2) is 45.4 Å². The molecule has 1 atom stereocenters. The first-order valence-electron chi connectivity index (χ1n) is 10.1. The van der Waals surface area contributed by atoms with Gasteiger partial charge in [0.15, 0.2) is 0 Å². The van der Waals surface area contributed by atoms with Gasteiger partial charge < -0.3 is 9.64 Å². The van der Waals surface area contributed by atoms with E-state index in [1.165, 1.54) is 4.57 Å². The Balaban J connectivity index is 1.67. The lowest BCUT2D eigenvalue weighted by atomic mass is 10.1. The van der Waals surface area contributed by atoms with Gasteiger partial charge in [-0.1, -0.05) is 12.1 Å². The standard InChI is InChI=1S/C23H26N4O3/c1-15-9-12-26(19-7-5-6-8-20(19)30-4)23(29)21(15)22(28)25-11-10-18(14-25)27-17(3)13-16(2)24-27/h5-9,12-13,18H,10-11,14H2,1-4H3. The molecule has 0 radical (unpaired) electrons. The van der Waals surface area contributed by atoms with Gasteiger partial charge in [-0.3, -0.25) is 18.8 Å². The SMILES string of the molecule is COc1ccccc1-n1ccc(C)c(C(=O)N2CCC(n3nc(C)cc3C)C2)c1=O. The van der Waals surface area contributed by atoms with Crippen LogP contribution in [0, 0.1) is 20.8 Å². The summed E-state index contributed by atoms with van der Waals surface area (Å²) in [5, 5.41) is 4.57. The van der Waals surface area contributed by atoms with Gasteiger partial charge in [0.25, 0.3) is 11.5 Å². The zero-order chi connectivity index (χ0) is 21.4. The molecule has 1 aliphatic rings. The number of benzene rings is 1. The third-order valence-corrected chi connectivity index (χ3v) is 5.70. The van der Waals surface area contributed by atoms with Crippen molar-refractivity contribution >= 4 is 5.91 Å². The molecule has 0 N–H and O–H groups in total. The molecule has 30 heavy (non-hydrogen) atoms. The molecule has 4 rings (SSSR count). The third kappa shape index (κ3) is 3.40. The first kappa shape index (κ1) is 19.9. The highest BCUT2D eigenvalue weighted by molar-refractivity contribution is 5.95. The van der Waals surface area contributed by atoms with Gasteiger partial charge >= 0.3 is 0 Å². The van der Waals surface area contributed by atoms with Crippen molar-refractivity contribution < 1.29 is 9.53 Å². The van der Waals surface area contributed by atoms with E-state index in [1.807, 2.05) is 36.7 Å². The molecule has 0 spiro atoms. The first-order chi connectivity index (χ1) is 14.4. The molecule has 1 saturated heterocycles. The minimum absolute atomic E-state index is 0.128. The van der Waals surface area contributed by atoms with E-state index in [1.54, 1.807) is 43.3 Å². The summed E-state index contributed by atoms with van der Waals surface area (Å²) in [7, 11) is 1.56. The van der Waals surface area contributed by atoms with Crippen LogP contribution < -0.4 is 10.3 Å². The van der Waals surface area contributed by atoms with Crippen LogP contribution in [0.4, 0.5) is 0 Å². The molecule has 7 heteroatoms. The van der Waals surface area contributed by atoms with Crippen molar-refractivity contribution in [2.75, 3.05) is 20.2 Å². The Morgan fingerprint density at radius 1 is 1.17 bits per heavy atom. The van der Waals surface area contributed by atoms with E-state index in [0.29, 0.717) is 30.1 Å². The fourth-order valence-corrected chi connectivity index (χ4v) is 4.20. The van der Waals surface area contributed by atoms with E-state index in [0.717, 1.165) is 17.8 Å². The number of carbonyl (C=O) groups is 1. The normalized spacial score (nSPS) is 16.1. The van der Waals surface area contributed by atoms with Crippen molar-refractivity contribution in [2.24, 2.45) is 0 Å². The summed E-state index contributed by atoms with van der Waals surface area (Å²) in [6.07, 6.45) is 2.51. The highest BCUT2D eigenvalue weighted by Gasteiger charge is 2.31. The molecule has 1 fully saturated rings. The van der Waals surface area contributed by atoms with Crippen molar-refractivity contribution in [1.82, 2.24) is 19.2 Å². The number of amides is 1. The Kier molecular flexibility index (Phi) is 5.20. The second-order valence-corrected chi connectivity index (χ2v) is 7.79. The lowest BCUT2D eigenvalue weighted by Gasteiger charge is -2.19. The molecular weight excluding hydrogens is 380 g/mol. The zero-order valence-corrected chi connectivity index (χ0v) is 17.8. The molecule has 3 heterocycles.